The lowest BCUT2D eigenvalue weighted by molar-refractivity contribution is -0.304. The number of rotatable bonds is 12. The molecule has 294 valence electrons. The van der Waals surface area contributed by atoms with Crippen molar-refractivity contribution in [2.24, 2.45) is 23.7 Å². The fourth-order valence-corrected chi connectivity index (χ4v) is 7.98. The van der Waals surface area contributed by atoms with E-state index in [0.717, 1.165) is 57.4 Å². The molecule has 3 rings (SSSR count). The van der Waals surface area contributed by atoms with Crippen LogP contribution in [-0.2, 0) is 23.8 Å². The van der Waals surface area contributed by atoms with Crippen molar-refractivity contribution in [2.75, 3.05) is 46.8 Å². The number of nitrogens with one attached hydrogen (secondary N) is 1. The first kappa shape index (κ1) is 43.7. The number of carbonyl (C=O) groups excluding carboxylic acids is 2. The van der Waals surface area contributed by atoms with Gasteiger partial charge in [0, 0.05) is 24.3 Å². The van der Waals surface area contributed by atoms with Gasteiger partial charge in [0.25, 0.3) is 0 Å². The molecule has 11 nitrogen and oxygen atoms in total. The van der Waals surface area contributed by atoms with Crippen LogP contribution in [0.3, 0.4) is 0 Å². The summed E-state index contributed by atoms with van der Waals surface area (Å²) in [6, 6.07) is -0.635. The number of likely N-dealkylation sites (tertiary alicyclic amines) is 1. The maximum absolute atomic E-state index is 13.7. The van der Waals surface area contributed by atoms with Crippen LogP contribution in [-0.4, -0.2) is 133 Å². The molecule has 51 heavy (non-hydrogen) atoms. The van der Waals surface area contributed by atoms with E-state index in [1.807, 2.05) is 33.8 Å². The fraction of sp³-hybridized carbons (Fsp3) is 0.850. The van der Waals surface area contributed by atoms with E-state index >= 15 is 0 Å². The molecule has 0 bridgehead atoms. The van der Waals surface area contributed by atoms with Crippen LogP contribution in [0.5, 0.6) is 0 Å². The third-order valence-corrected chi connectivity index (χ3v) is 11.3. The monoisotopic (exact) mass is 722 g/mol. The van der Waals surface area contributed by atoms with Gasteiger partial charge in [0.2, 0.25) is 0 Å². The molecule has 0 aromatic rings. The van der Waals surface area contributed by atoms with Crippen LogP contribution in [0.15, 0.2) is 23.8 Å². The number of nitrogens with zero attached hydrogens (tertiary/aromatic N) is 2. The van der Waals surface area contributed by atoms with Crippen molar-refractivity contribution in [3.63, 3.8) is 0 Å². The van der Waals surface area contributed by atoms with Gasteiger partial charge in [0.1, 0.15) is 12.2 Å². The average molecular weight is 722 g/mol. The molecule has 0 saturated carbocycles. The molecular formula is C40H71N3O8. The number of allylic oxidation sites excluding steroid dienone is 3. The molecule has 0 aliphatic carbocycles. The Morgan fingerprint density at radius 3 is 2.37 bits per heavy atom. The van der Waals surface area contributed by atoms with Crippen molar-refractivity contribution >= 4 is 11.8 Å². The van der Waals surface area contributed by atoms with E-state index in [1.165, 1.54) is 6.42 Å². The van der Waals surface area contributed by atoms with Crippen LogP contribution < -0.4 is 5.32 Å². The maximum atomic E-state index is 13.7. The standard InChI is InChI=1S/C40H71N3O8/c1-9-11-18-41-25-31-22-26(3)15-16-32(44)27(4)23-30(17-21-43-19-13-12-14-20-43)39(28(5)33(45)24-35(46)50-34(31)10-2)51-40-38(48)36(42(7)8)37(47)29(6)49-40/h15-16,22,27-31,33-34,36-41,45,47-48H,9-14,17-21,23-25H2,1-8H3/b16-15-,26-22+/t27?,28?,29-,30?,31?,33?,34?,36+,37-,38-,39?,40+/m1/s1. The average Bonchev–Trinajstić information content (AvgIpc) is 3.09. The second kappa shape index (κ2) is 21.9. The van der Waals surface area contributed by atoms with E-state index < -0.39 is 60.8 Å². The highest BCUT2D eigenvalue weighted by Crippen LogP contribution is 2.35. The maximum Gasteiger partial charge on any atom is 0.308 e. The number of esters is 1. The Balaban J connectivity index is 2.01. The Hall–Kier alpha value is -1.70. The Morgan fingerprint density at radius 1 is 1.02 bits per heavy atom. The van der Waals surface area contributed by atoms with Crippen LogP contribution in [0, 0.1) is 23.7 Å². The lowest BCUT2D eigenvalue weighted by atomic mass is 9.79. The largest absolute Gasteiger partial charge is 0.462 e. The summed E-state index contributed by atoms with van der Waals surface area (Å²) in [4.78, 5) is 31.4. The summed E-state index contributed by atoms with van der Waals surface area (Å²) in [7, 11) is 3.59. The van der Waals surface area contributed by atoms with Gasteiger partial charge >= 0.3 is 5.97 Å². The van der Waals surface area contributed by atoms with Crippen LogP contribution in [0.4, 0.5) is 0 Å². The van der Waals surface area contributed by atoms with E-state index in [4.69, 9.17) is 14.2 Å². The lowest BCUT2D eigenvalue weighted by Gasteiger charge is -2.47. The Labute approximate surface area is 308 Å². The molecule has 3 heterocycles. The summed E-state index contributed by atoms with van der Waals surface area (Å²) in [5.74, 6) is -1.69. The molecule has 0 aromatic carbocycles. The topological polar surface area (TPSA) is 141 Å². The zero-order chi connectivity index (χ0) is 37.7. The Morgan fingerprint density at radius 2 is 1.73 bits per heavy atom. The van der Waals surface area contributed by atoms with E-state index in [1.54, 1.807) is 32.0 Å². The second-order valence-electron chi connectivity index (χ2n) is 15.8. The summed E-state index contributed by atoms with van der Waals surface area (Å²) in [5, 5.41) is 37.6. The lowest BCUT2D eigenvalue weighted by Crippen LogP contribution is -2.63. The highest BCUT2D eigenvalue weighted by Gasteiger charge is 2.47. The molecule has 0 radical (unpaired) electrons. The van der Waals surface area contributed by atoms with Crippen molar-refractivity contribution in [2.45, 2.75) is 148 Å². The molecular weight excluding hydrogens is 650 g/mol. The van der Waals surface area contributed by atoms with Crippen molar-refractivity contribution in [3.8, 4) is 0 Å². The highest BCUT2D eigenvalue weighted by atomic mass is 16.7. The second-order valence-corrected chi connectivity index (χ2v) is 15.8. The van der Waals surface area contributed by atoms with Crippen LogP contribution in [0.25, 0.3) is 0 Å². The molecule has 3 aliphatic rings. The Kier molecular flexibility index (Phi) is 18.7. The first-order chi connectivity index (χ1) is 24.3. The number of ether oxygens (including phenoxy) is 3. The SMILES string of the molecule is CCCCNCC1/C=C(C)/C=C\C(=O)C(C)CC(CCN2CCCCC2)C(O[C@@H]2O[C@H](C)[C@@H](O)[C@H](N(C)C)[C@H]2O)C(C)C(O)CC(=O)OC1CC. The minimum absolute atomic E-state index is 0.0132. The zero-order valence-corrected chi connectivity index (χ0v) is 32.8. The van der Waals surface area contributed by atoms with Crippen molar-refractivity contribution in [1.82, 2.24) is 15.1 Å². The molecule has 0 amide bonds. The van der Waals surface area contributed by atoms with Crippen molar-refractivity contribution in [1.29, 1.82) is 0 Å². The molecule has 3 aliphatic heterocycles. The van der Waals surface area contributed by atoms with Gasteiger partial charge in [-0.3, -0.25) is 9.59 Å². The molecule has 12 atom stereocenters. The minimum Gasteiger partial charge on any atom is -0.462 e. The number of aliphatic hydroxyl groups is 3. The normalized spacial score (nSPS) is 38.6. The number of carbonyl (C=O) groups is 2. The molecule has 2 saturated heterocycles. The first-order valence-electron chi connectivity index (χ1n) is 19.8. The predicted octanol–water partition coefficient (Wildman–Crippen LogP) is 4.09. The van der Waals surface area contributed by atoms with Gasteiger partial charge in [-0.1, -0.05) is 58.3 Å². The van der Waals surface area contributed by atoms with Gasteiger partial charge in [-0.2, -0.15) is 0 Å². The number of hydrogen-bond acceptors (Lipinski definition) is 11. The third-order valence-electron chi connectivity index (χ3n) is 11.3. The molecule has 2 fully saturated rings. The van der Waals surface area contributed by atoms with E-state index in [2.05, 4.69) is 23.2 Å². The molecule has 0 spiro atoms. The molecule has 11 heteroatoms. The number of aliphatic hydroxyl groups excluding tert-OH is 3. The number of likely N-dealkylation sites (N-methyl/N-ethyl adjacent to an activating group) is 1. The summed E-state index contributed by atoms with van der Waals surface area (Å²) in [5.41, 5.74) is 0.922. The van der Waals surface area contributed by atoms with E-state index in [0.29, 0.717) is 25.8 Å². The van der Waals surface area contributed by atoms with Gasteiger partial charge in [-0.05, 0) is 105 Å². The van der Waals surface area contributed by atoms with Gasteiger partial charge in [-0.25, -0.2) is 0 Å². The molecule has 7 unspecified atom stereocenters. The summed E-state index contributed by atoms with van der Waals surface area (Å²) in [6.45, 7) is 16.0. The highest BCUT2D eigenvalue weighted by molar-refractivity contribution is 5.91. The Bertz CT molecular complexity index is 1110. The number of unbranched alkanes of at least 4 members (excludes halogenated alkanes) is 1. The zero-order valence-electron chi connectivity index (χ0n) is 32.8. The van der Waals surface area contributed by atoms with Crippen molar-refractivity contribution in [3.05, 3.63) is 23.8 Å². The quantitative estimate of drug-likeness (QED) is 0.171. The smallest absolute Gasteiger partial charge is 0.308 e. The van der Waals surface area contributed by atoms with Gasteiger partial charge in [-0.15, -0.1) is 0 Å². The number of hydrogen-bond donors (Lipinski definition) is 4. The van der Waals surface area contributed by atoms with Crippen molar-refractivity contribution < 1.29 is 39.1 Å². The van der Waals surface area contributed by atoms with Crippen LogP contribution >= 0.6 is 0 Å². The minimum atomic E-state index is -1.17. The molecule has 4 N–H and O–H groups in total. The number of cyclic esters (lactones) is 1. The third kappa shape index (κ3) is 13.3. The fourth-order valence-electron chi connectivity index (χ4n) is 7.98. The summed E-state index contributed by atoms with van der Waals surface area (Å²) >= 11 is 0. The number of ketones is 1. The van der Waals surface area contributed by atoms with Gasteiger partial charge < -0.3 is 44.6 Å². The van der Waals surface area contributed by atoms with E-state index in [-0.39, 0.29) is 30.0 Å². The van der Waals surface area contributed by atoms with E-state index in [9.17, 15) is 24.9 Å². The summed E-state index contributed by atoms with van der Waals surface area (Å²) in [6.07, 6.45) is 6.82. The molecule has 0 aromatic heterocycles. The van der Waals surface area contributed by atoms with Crippen LogP contribution in [0.1, 0.15) is 99.3 Å². The number of piperidine rings is 1. The predicted molar refractivity (Wildman–Crippen MR) is 200 cm³/mol. The first-order valence-corrected chi connectivity index (χ1v) is 19.8. The van der Waals surface area contributed by atoms with Gasteiger partial charge in [0.15, 0.2) is 12.1 Å². The van der Waals surface area contributed by atoms with Crippen LogP contribution in [0.2, 0.25) is 0 Å². The summed E-state index contributed by atoms with van der Waals surface area (Å²) < 4.78 is 18.9. The van der Waals surface area contributed by atoms with Gasteiger partial charge in [0.05, 0.1) is 36.9 Å².